The van der Waals surface area contributed by atoms with Gasteiger partial charge in [0.2, 0.25) is 0 Å². The van der Waals surface area contributed by atoms with Gasteiger partial charge in [0.15, 0.2) is 0 Å². The van der Waals surface area contributed by atoms with E-state index in [0.29, 0.717) is 36.7 Å². The Morgan fingerprint density at radius 3 is 1.75 bits per heavy atom. The highest BCUT2D eigenvalue weighted by atomic mass is 16.5. The third-order valence-electron chi connectivity index (χ3n) is 5.10. The van der Waals surface area contributed by atoms with Crippen LogP contribution in [0.1, 0.15) is 68.1 Å². The van der Waals surface area contributed by atoms with Crippen LogP contribution in [0.3, 0.4) is 0 Å². The topological polar surface area (TPSA) is 71.1 Å². The lowest BCUT2D eigenvalue weighted by atomic mass is 10.1. The number of esters is 1. The molecule has 2 aromatic rings. The van der Waals surface area contributed by atoms with Gasteiger partial charge in [-0.05, 0) is 61.4 Å². The minimum atomic E-state index is -0.406. The SMILES string of the molecule is COc1ccc(OC(=O)c2ccc(OCCCCCCCCCCCOC=O)cc2)cc1. The zero-order valence-electron chi connectivity index (χ0n) is 18.9. The fourth-order valence-electron chi connectivity index (χ4n) is 3.26. The smallest absolute Gasteiger partial charge is 0.343 e. The molecule has 0 aromatic heterocycles. The van der Waals surface area contributed by atoms with Crippen molar-refractivity contribution in [1.82, 2.24) is 0 Å². The predicted molar refractivity (Wildman–Crippen MR) is 123 cm³/mol. The number of hydrogen-bond acceptors (Lipinski definition) is 6. The summed E-state index contributed by atoms with van der Waals surface area (Å²) in [6, 6.07) is 13.9. The Hall–Kier alpha value is -3.02. The molecule has 6 nitrogen and oxygen atoms in total. The van der Waals surface area contributed by atoms with Crippen LogP contribution in [0, 0.1) is 0 Å². The summed E-state index contributed by atoms with van der Waals surface area (Å²) in [4.78, 5) is 22.3. The van der Waals surface area contributed by atoms with Crippen molar-refractivity contribution in [1.29, 1.82) is 0 Å². The van der Waals surface area contributed by atoms with Gasteiger partial charge in [-0.15, -0.1) is 0 Å². The normalized spacial score (nSPS) is 10.4. The van der Waals surface area contributed by atoms with E-state index < -0.39 is 5.97 Å². The molecule has 0 bridgehead atoms. The fraction of sp³-hybridized carbons (Fsp3) is 0.462. The second-order valence-corrected chi connectivity index (χ2v) is 7.59. The molecule has 0 heterocycles. The molecule has 0 unspecified atom stereocenters. The van der Waals surface area contributed by atoms with Crippen LogP contribution in [0.4, 0.5) is 0 Å². The van der Waals surface area contributed by atoms with Crippen molar-refractivity contribution in [2.75, 3.05) is 20.3 Å². The summed E-state index contributed by atoms with van der Waals surface area (Å²) < 4.78 is 20.9. The van der Waals surface area contributed by atoms with Crippen molar-refractivity contribution in [3.05, 3.63) is 54.1 Å². The van der Waals surface area contributed by atoms with Crippen LogP contribution >= 0.6 is 0 Å². The zero-order chi connectivity index (χ0) is 22.9. The molecule has 0 saturated carbocycles. The summed E-state index contributed by atoms with van der Waals surface area (Å²) in [6.45, 7) is 1.73. The van der Waals surface area contributed by atoms with Gasteiger partial charge in [-0.1, -0.05) is 44.9 Å². The van der Waals surface area contributed by atoms with Crippen molar-refractivity contribution in [2.45, 2.75) is 57.8 Å². The second-order valence-electron chi connectivity index (χ2n) is 7.59. The number of carbonyl (C=O) groups is 2. The van der Waals surface area contributed by atoms with E-state index in [1.807, 2.05) is 0 Å². The van der Waals surface area contributed by atoms with E-state index in [2.05, 4.69) is 4.74 Å². The van der Waals surface area contributed by atoms with Gasteiger partial charge < -0.3 is 18.9 Å². The lowest BCUT2D eigenvalue weighted by Gasteiger charge is -2.08. The zero-order valence-corrected chi connectivity index (χ0v) is 18.9. The van der Waals surface area contributed by atoms with Crippen molar-refractivity contribution in [3.63, 3.8) is 0 Å². The summed E-state index contributed by atoms with van der Waals surface area (Å²) in [5.41, 5.74) is 0.476. The maximum absolute atomic E-state index is 12.3. The third-order valence-corrected chi connectivity index (χ3v) is 5.10. The van der Waals surface area contributed by atoms with Crippen LogP contribution in [-0.2, 0) is 9.53 Å². The van der Waals surface area contributed by atoms with Gasteiger partial charge in [-0.2, -0.15) is 0 Å². The molecular weight excluding hydrogens is 408 g/mol. The molecule has 0 N–H and O–H groups in total. The monoisotopic (exact) mass is 442 g/mol. The standard InChI is InChI=1S/C26H34O6/c1-29-23-15-17-25(18-16-23)32-26(28)22-11-13-24(14-12-22)31-20-10-8-6-4-2-3-5-7-9-19-30-21-27/h11-18,21H,2-10,19-20H2,1H3. The van der Waals surface area contributed by atoms with Gasteiger partial charge >= 0.3 is 5.97 Å². The van der Waals surface area contributed by atoms with E-state index in [0.717, 1.165) is 31.4 Å². The number of unbranched alkanes of at least 4 members (excludes halogenated alkanes) is 8. The van der Waals surface area contributed by atoms with Crippen molar-refractivity contribution < 1.29 is 28.5 Å². The van der Waals surface area contributed by atoms with E-state index >= 15 is 0 Å². The molecule has 174 valence electrons. The maximum Gasteiger partial charge on any atom is 0.343 e. The molecule has 2 rings (SSSR count). The van der Waals surface area contributed by atoms with Gasteiger partial charge in [-0.25, -0.2) is 4.79 Å². The molecule has 0 spiro atoms. The average molecular weight is 443 g/mol. The number of methoxy groups -OCH3 is 1. The number of hydrogen-bond donors (Lipinski definition) is 0. The largest absolute Gasteiger partial charge is 0.497 e. The number of ether oxygens (including phenoxy) is 4. The van der Waals surface area contributed by atoms with Crippen LogP contribution in [0.15, 0.2) is 48.5 Å². The van der Waals surface area contributed by atoms with E-state index in [-0.39, 0.29) is 0 Å². The molecule has 0 saturated heterocycles. The number of carbonyl (C=O) groups excluding carboxylic acids is 2. The lowest BCUT2D eigenvalue weighted by Crippen LogP contribution is -2.08. The molecule has 0 aliphatic rings. The Bertz CT molecular complexity index is 770. The van der Waals surface area contributed by atoms with Crippen LogP contribution in [-0.4, -0.2) is 32.8 Å². The Balaban J connectivity index is 1.52. The van der Waals surface area contributed by atoms with E-state index in [9.17, 15) is 9.59 Å². The molecule has 0 amide bonds. The Labute approximate surface area is 190 Å². The first kappa shape index (κ1) is 25.2. The highest BCUT2D eigenvalue weighted by molar-refractivity contribution is 5.91. The predicted octanol–water partition coefficient (Wildman–Crippen LogP) is 5.98. The first-order chi connectivity index (χ1) is 15.7. The molecular formula is C26H34O6. The summed E-state index contributed by atoms with van der Waals surface area (Å²) in [6.07, 6.45) is 10.4. The highest BCUT2D eigenvalue weighted by Gasteiger charge is 2.09. The second kappa shape index (κ2) is 15.7. The quantitative estimate of drug-likeness (QED) is 0.130. The Morgan fingerprint density at radius 2 is 1.19 bits per heavy atom. The van der Waals surface area contributed by atoms with Crippen molar-refractivity contribution in [3.8, 4) is 17.2 Å². The molecule has 0 radical (unpaired) electrons. The minimum absolute atomic E-state index is 0.406. The first-order valence-electron chi connectivity index (χ1n) is 11.4. The summed E-state index contributed by atoms with van der Waals surface area (Å²) in [5.74, 6) is 1.53. The van der Waals surface area contributed by atoms with Crippen LogP contribution < -0.4 is 14.2 Å². The lowest BCUT2D eigenvalue weighted by molar-refractivity contribution is -0.128. The van der Waals surface area contributed by atoms with E-state index in [1.165, 1.54) is 32.1 Å². The van der Waals surface area contributed by atoms with Gasteiger partial charge in [0.1, 0.15) is 17.2 Å². The van der Waals surface area contributed by atoms with Gasteiger partial charge in [0.05, 0.1) is 25.9 Å². The van der Waals surface area contributed by atoms with Gasteiger partial charge in [-0.3, -0.25) is 4.79 Å². The molecule has 0 aliphatic heterocycles. The van der Waals surface area contributed by atoms with E-state index in [1.54, 1.807) is 55.6 Å². The molecule has 6 heteroatoms. The minimum Gasteiger partial charge on any atom is -0.497 e. The van der Waals surface area contributed by atoms with E-state index in [4.69, 9.17) is 14.2 Å². The fourth-order valence-corrected chi connectivity index (χ4v) is 3.26. The summed E-state index contributed by atoms with van der Waals surface area (Å²) in [7, 11) is 1.59. The molecule has 32 heavy (non-hydrogen) atoms. The maximum atomic E-state index is 12.3. The highest BCUT2D eigenvalue weighted by Crippen LogP contribution is 2.19. The summed E-state index contributed by atoms with van der Waals surface area (Å²) in [5, 5.41) is 0. The van der Waals surface area contributed by atoms with Crippen LogP contribution in [0.2, 0.25) is 0 Å². The molecule has 0 aliphatic carbocycles. The average Bonchev–Trinajstić information content (AvgIpc) is 2.83. The molecule has 0 atom stereocenters. The molecule has 2 aromatic carbocycles. The number of benzene rings is 2. The van der Waals surface area contributed by atoms with Crippen LogP contribution in [0.5, 0.6) is 17.2 Å². The van der Waals surface area contributed by atoms with Crippen molar-refractivity contribution in [2.24, 2.45) is 0 Å². The van der Waals surface area contributed by atoms with Gasteiger partial charge in [0.25, 0.3) is 6.47 Å². The number of rotatable bonds is 17. The first-order valence-corrected chi connectivity index (χ1v) is 11.4. The summed E-state index contributed by atoms with van der Waals surface area (Å²) >= 11 is 0. The molecule has 0 fully saturated rings. The van der Waals surface area contributed by atoms with Crippen LogP contribution in [0.25, 0.3) is 0 Å². The third kappa shape index (κ3) is 10.3. The van der Waals surface area contributed by atoms with Gasteiger partial charge in [0, 0.05) is 0 Å². The Morgan fingerprint density at radius 1 is 0.688 bits per heavy atom. The Kier molecular flexibility index (Phi) is 12.4. The van der Waals surface area contributed by atoms with Crippen molar-refractivity contribution >= 4 is 12.4 Å².